The summed E-state index contributed by atoms with van der Waals surface area (Å²) in [6.45, 7) is 0. The van der Waals surface area contributed by atoms with E-state index in [0.29, 0.717) is 6.42 Å². The first-order valence-electron chi connectivity index (χ1n) is 8.07. The van der Waals surface area contributed by atoms with Crippen LogP contribution in [0.25, 0.3) is 0 Å². The van der Waals surface area contributed by atoms with Crippen LogP contribution >= 0.6 is 0 Å². The highest BCUT2D eigenvalue weighted by molar-refractivity contribution is 7.92. The third-order valence-electron chi connectivity index (χ3n) is 4.00. The highest BCUT2D eigenvalue weighted by Gasteiger charge is 2.33. The van der Waals surface area contributed by atoms with E-state index < -0.39 is 21.1 Å². The standard InChI is InChI=1S/C19H22O4S/c20-19(21)18(24(22,23)17-13-7-3-8-14-17)15-9-2-6-12-16-10-4-1-5-11-16/h1,3-5,7-8,10-11,13-14,18H,2,6,9,12,15H2,(H,20,21). The first-order valence-corrected chi connectivity index (χ1v) is 9.62. The van der Waals surface area contributed by atoms with Gasteiger partial charge in [-0.15, -0.1) is 0 Å². The first kappa shape index (κ1) is 18.2. The first-order chi connectivity index (χ1) is 11.5. The van der Waals surface area contributed by atoms with Gasteiger partial charge in [-0.25, -0.2) is 8.42 Å². The molecule has 0 heterocycles. The van der Waals surface area contributed by atoms with Gasteiger partial charge in [0.1, 0.15) is 0 Å². The predicted molar refractivity (Wildman–Crippen MR) is 93.7 cm³/mol. The number of carboxylic acids is 1. The molecule has 0 spiro atoms. The van der Waals surface area contributed by atoms with Gasteiger partial charge in [-0.3, -0.25) is 4.79 Å². The third kappa shape index (κ3) is 4.93. The molecule has 4 nitrogen and oxygen atoms in total. The number of aliphatic carboxylic acids is 1. The van der Waals surface area contributed by atoms with Gasteiger partial charge in [0.25, 0.3) is 0 Å². The molecule has 5 heteroatoms. The number of rotatable bonds is 9. The van der Waals surface area contributed by atoms with Gasteiger partial charge in [-0.05, 0) is 37.0 Å². The number of carbonyl (C=O) groups is 1. The molecule has 128 valence electrons. The molecule has 0 aliphatic rings. The molecule has 0 amide bonds. The predicted octanol–water partition coefficient (Wildman–Crippen LogP) is 3.72. The summed E-state index contributed by atoms with van der Waals surface area (Å²) in [6, 6.07) is 17.9. The Bertz CT molecular complexity index is 739. The zero-order valence-electron chi connectivity index (χ0n) is 13.5. The summed E-state index contributed by atoms with van der Waals surface area (Å²) in [5.41, 5.74) is 1.24. The minimum atomic E-state index is -3.84. The van der Waals surface area contributed by atoms with Crippen LogP contribution in [0.4, 0.5) is 0 Å². The quantitative estimate of drug-likeness (QED) is 0.703. The molecule has 0 bridgehead atoms. The number of unbranched alkanes of at least 4 members (excludes halogenated alkanes) is 2. The molecule has 1 N–H and O–H groups in total. The Morgan fingerprint density at radius 3 is 2.04 bits per heavy atom. The van der Waals surface area contributed by atoms with Crippen LogP contribution in [0.1, 0.15) is 31.2 Å². The minimum absolute atomic E-state index is 0.0710. The summed E-state index contributed by atoms with van der Waals surface area (Å²) in [4.78, 5) is 11.5. The minimum Gasteiger partial charge on any atom is -0.480 e. The number of hydrogen-bond acceptors (Lipinski definition) is 3. The van der Waals surface area contributed by atoms with Crippen LogP contribution in [0, 0.1) is 0 Å². The van der Waals surface area contributed by atoms with E-state index in [1.54, 1.807) is 18.2 Å². The van der Waals surface area contributed by atoms with Crippen molar-refractivity contribution in [1.29, 1.82) is 0 Å². The lowest BCUT2D eigenvalue weighted by Crippen LogP contribution is -2.30. The zero-order chi connectivity index (χ0) is 17.4. The summed E-state index contributed by atoms with van der Waals surface area (Å²) in [5, 5.41) is 7.95. The Kier molecular flexibility index (Phi) is 6.55. The van der Waals surface area contributed by atoms with Crippen molar-refractivity contribution in [2.24, 2.45) is 0 Å². The van der Waals surface area contributed by atoms with Crippen LogP contribution in [0.3, 0.4) is 0 Å². The molecular weight excluding hydrogens is 324 g/mol. The van der Waals surface area contributed by atoms with E-state index in [0.717, 1.165) is 19.3 Å². The SMILES string of the molecule is O=C(O)C(CCCCCc1ccccc1)S(=O)(=O)c1ccccc1. The van der Waals surface area contributed by atoms with Crippen LogP contribution < -0.4 is 0 Å². The molecule has 0 saturated heterocycles. The van der Waals surface area contributed by atoms with Crippen molar-refractivity contribution in [2.75, 3.05) is 0 Å². The van der Waals surface area contributed by atoms with Crippen molar-refractivity contribution in [1.82, 2.24) is 0 Å². The van der Waals surface area contributed by atoms with Crippen molar-refractivity contribution in [3.05, 3.63) is 66.2 Å². The van der Waals surface area contributed by atoms with Crippen molar-refractivity contribution >= 4 is 15.8 Å². The molecule has 2 aromatic carbocycles. The van der Waals surface area contributed by atoms with Crippen LogP contribution in [0.15, 0.2) is 65.6 Å². The van der Waals surface area contributed by atoms with Crippen molar-refractivity contribution in [3.8, 4) is 0 Å². The normalized spacial score (nSPS) is 12.7. The van der Waals surface area contributed by atoms with Gasteiger partial charge in [0.05, 0.1) is 4.90 Å². The molecule has 0 saturated carbocycles. The van der Waals surface area contributed by atoms with Gasteiger partial charge in [0.15, 0.2) is 15.1 Å². The summed E-state index contributed by atoms with van der Waals surface area (Å²) in [5.74, 6) is -1.28. The lowest BCUT2D eigenvalue weighted by molar-refractivity contribution is -0.136. The molecule has 0 aromatic heterocycles. The van der Waals surface area contributed by atoms with Crippen molar-refractivity contribution < 1.29 is 18.3 Å². The van der Waals surface area contributed by atoms with Gasteiger partial charge in [0, 0.05) is 0 Å². The van der Waals surface area contributed by atoms with Crippen LogP contribution in [0.2, 0.25) is 0 Å². The zero-order valence-corrected chi connectivity index (χ0v) is 14.3. The maximum atomic E-state index is 12.5. The second-order valence-corrected chi connectivity index (χ2v) is 7.90. The van der Waals surface area contributed by atoms with E-state index in [-0.39, 0.29) is 11.3 Å². The Balaban J connectivity index is 1.89. The van der Waals surface area contributed by atoms with Gasteiger partial charge in [0.2, 0.25) is 0 Å². The van der Waals surface area contributed by atoms with E-state index in [4.69, 9.17) is 0 Å². The number of benzene rings is 2. The van der Waals surface area contributed by atoms with E-state index in [9.17, 15) is 18.3 Å². The fourth-order valence-corrected chi connectivity index (χ4v) is 4.27. The van der Waals surface area contributed by atoms with E-state index in [2.05, 4.69) is 12.1 Å². The summed E-state index contributed by atoms with van der Waals surface area (Å²) in [6.07, 6.45) is 3.37. The Labute approximate surface area is 143 Å². The number of sulfone groups is 1. The Morgan fingerprint density at radius 1 is 0.875 bits per heavy atom. The number of aryl methyl sites for hydroxylation is 1. The van der Waals surface area contributed by atoms with Crippen LogP contribution in [-0.4, -0.2) is 24.7 Å². The maximum absolute atomic E-state index is 12.5. The Hall–Kier alpha value is -2.14. The van der Waals surface area contributed by atoms with E-state index in [1.807, 2.05) is 18.2 Å². The summed E-state index contributed by atoms with van der Waals surface area (Å²) < 4.78 is 25.0. The maximum Gasteiger partial charge on any atom is 0.322 e. The molecule has 0 aliphatic carbocycles. The molecule has 1 unspecified atom stereocenters. The molecule has 0 radical (unpaired) electrons. The molecule has 0 fully saturated rings. The van der Waals surface area contributed by atoms with Crippen molar-refractivity contribution in [2.45, 2.75) is 42.2 Å². The summed E-state index contributed by atoms with van der Waals surface area (Å²) in [7, 11) is -3.84. The highest BCUT2D eigenvalue weighted by atomic mass is 32.2. The third-order valence-corrected chi connectivity index (χ3v) is 6.11. The number of hydrogen-bond donors (Lipinski definition) is 1. The monoisotopic (exact) mass is 346 g/mol. The van der Waals surface area contributed by atoms with Crippen molar-refractivity contribution in [3.63, 3.8) is 0 Å². The molecular formula is C19H22O4S. The number of carboxylic acid groups (broad SMARTS) is 1. The van der Waals surface area contributed by atoms with Crippen LogP contribution in [0.5, 0.6) is 0 Å². The fraction of sp³-hybridized carbons (Fsp3) is 0.316. The second kappa shape index (κ2) is 8.64. The second-order valence-electron chi connectivity index (χ2n) is 5.77. The molecule has 2 rings (SSSR count). The summed E-state index contributed by atoms with van der Waals surface area (Å²) >= 11 is 0. The van der Waals surface area contributed by atoms with Gasteiger partial charge >= 0.3 is 5.97 Å². The average Bonchev–Trinajstić information content (AvgIpc) is 2.59. The molecule has 2 aromatic rings. The molecule has 24 heavy (non-hydrogen) atoms. The van der Waals surface area contributed by atoms with Crippen LogP contribution in [-0.2, 0) is 21.1 Å². The smallest absolute Gasteiger partial charge is 0.322 e. The topological polar surface area (TPSA) is 71.4 Å². The van der Waals surface area contributed by atoms with Gasteiger partial charge in [-0.2, -0.15) is 0 Å². The van der Waals surface area contributed by atoms with Gasteiger partial charge < -0.3 is 5.11 Å². The fourth-order valence-electron chi connectivity index (χ4n) is 2.67. The Morgan fingerprint density at radius 2 is 1.46 bits per heavy atom. The molecule has 1 atom stereocenters. The largest absolute Gasteiger partial charge is 0.480 e. The average molecular weight is 346 g/mol. The lowest BCUT2D eigenvalue weighted by Gasteiger charge is -2.13. The van der Waals surface area contributed by atoms with Gasteiger partial charge in [-0.1, -0.05) is 61.4 Å². The van der Waals surface area contributed by atoms with E-state index in [1.165, 1.54) is 17.7 Å². The van der Waals surface area contributed by atoms with E-state index >= 15 is 0 Å². The molecule has 0 aliphatic heterocycles. The lowest BCUT2D eigenvalue weighted by atomic mass is 10.1. The highest BCUT2D eigenvalue weighted by Crippen LogP contribution is 2.21.